The van der Waals surface area contributed by atoms with Gasteiger partial charge in [0.15, 0.2) is 11.6 Å². The third-order valence-electron chi connectivity index (χ3n) is 3.44. The first-order valence-corrected chi connectivity index (χ1v) is 6.41. The molecule has 1 aromatic carbocycles. The molecule has 0 aromatic heterocycles. The molecule has 0 spiro atoms. The minimum Gasteiger partial charge on any atom is -0.494 e. The van der Waals surface area contributed by atoms with E-state index in [1.54, 1.807) is 12.1 Å². The Kier molecular flexibility index (Phi) is 9.31. The van der Waals surface area contributed by atoms with E-state index in [-0.39, 0.29) is 42.4 Å². The quantitative estimate of drug-likeness (QED) is 0.918. The van der Waals surface area contributed by atoms with Crippen molar-refractivity contribution in [1.29, 1.82) is 5.26 Å². The molecule has 21 heavy (non-hydrogen) atoms. The number of nitriles is 1. The lowest BCUT2D eigenvalue weighted by molar-refractivity contribution is 0.175. The van der Waals surface area contributed by atoms with Crippen molar-refractivity contribution in [2.45, 2.75) is 12.5 Å². The molecule has 2 rings (SSSR count). The lowest BCUT2D eigenvalue weighted by Gasteiger charge is -2.34. The van der Waals surface area contributed by atoms with Crippen molar-refractivity contribution in [3.8, 4) is 11.8 Å². The highest BCUT2D eigenvalue weighted by Crippen LogP contribution is 2.28. The molecule has 1 heterocycles. The van der Waals surface area contributed by atoms with Crippen LogP contribution in [0.3, 0.4) is 0 Å². The normalized spacial score (nSPS) is 16.0. The fraction of sp³-hybridized carbons (Fsp3) is 0.500. The summed E-state index contributed by atoms with van der Waals surface area (Å²) in [6.45, 7) is 3.62. The van der Waals surface area contributed by atoms with Gasteiger partial charge in [0.2, 0.25) is 0 Å². The van der Waals surface area contributed by atoms with E-state index in [1.165, 1.54) is 13.2 Å². The molecule has 1 aromatic rings. The van der Waals surface area contributed by atoms with Crippen LogP contribution in [0.2, 0.25) is 0 Å². The predicted octanol–water partition coefficient (Wildman–Crippen LogP) is 2.54. The Hall–Kier alpha value is -1.06. The molecule has 0 radical (unpaired) electrons. The van der Waals surface area contributed by atoms with E-state index in [0.717, 1.165) is 31.7 Å². The fourth-order valence-electron chi connectivity index (χ4n) is 2.42. The first-order chi connectivity index (χ1) is 9.26. The van der Waals surface area contributed by atoms with Crippen molar-refractivity contribution in [3.05, 3.63) is 29.6 Å². The summed E-state index contributed by atoms with van der Waals surface area (Å²) in [6, 6.07) is 7.06. The SMILES string of the molecule is COc1cc([C@@H](CC#N)N2CCNCC2)ccc1F.Cl.Cl. The monoisotopic (exact) mass is 335 g/mol. The van der Waals surface area contributed by atoms with Crippen LogP contribution in [-0.4, -0.2) is 38.2 Å². The molecular weight excluding hydrogens is 316 g/mol. The smallest absolute Gasteiger partial charge is 0.165 e. The Bertz CT molecular complexity index is 476. The Morgan fingerprint density at radius 2 is 2.05 bits per heavy atom. The number of ether oxygens (including phenoxy) is 1. The van der Waals surface area contributed by atoms with Crippen molar-refractivity contribution >= 4 is 24.8 Å². The lowest BCUT2D eigenvalue weighted by Crippen LogP contribution is -2.45. The number of piperazine rings is 1. The van der Waals surface area contributed by atoms with E-state index >= 15 is 0 Å². The van der Waals surface area contributed by atoms with Gasteiger partial charge in [0.25, 0.3) is 0 Å². The molecule has 1 saturated heterocycles. The summed E-state index contributed by atoms with van der Waals surface area (Å²) in [5.74, 6) is -0.141. The molecule has 118 valence electrons. The Labute approximate surface area is 137 Å². The van der Waals surface area contributed by atoms with Crippen molar-refractivity contribution in [3.63, 3.8) is 0 Å². The minimum absolute atomic E-state index is 0. The van der Waals surface area contributed by atoms with Crippen molar-refractivity contribution in [2.75, 3.05) is 33.3 Å². The summed E-state index contributed by atoms with van der Waals surface area (Å²) in [4.78, 5) is 2.26. The van der Waals surface area contributed by atoms with Crippen LogP contribution in [0.4, 0.5) is 4.39 Å². The van der Waals surface area contributed by atoms with E-state index in [0.29, 0.717) is 6.42 Å². The molecular formula is C14H20Cl2FN3O. The number of methoxy groups -OCH3 is 1. The third kappa shape index (κ3) is 5.01. The summed E-state index contributed by atoms with van der Waals surface area (Å²) in [6.07, 6.45) is 0.398. The molecule has 1 aliphatic heterocycles. The summed E-state index contributed by atoms with van der Waals surface area (Å²) in [5.41, 5.74) is 0.932. The highest BCUT2D eigenvalue weighted by atomic mass is 35.5. The summed E-state index contributed by atoms with van der Waals surface area (Å²) in [7, 11) is 1.45. The van der Waals surface area contributed by atoms with Gasteiger partial charge in [-0.1, -0.05) is 6.07 Å². The van der Waals surface area contributed by atoms with E-state index < -0.39 is 0 Å². The van der Waals surface area contributed by atoms with Crippen molar-refractivity contribution < 1.29 is 9.13 Å². The largest absolute Gasteiger partial charge is 0.494 e. The van der Waals surface area contributed by atoms with Gasteiger partial charge < -0.3 is 10.1 Å². The predicted molar refractivity (Wildman–Crippen MR) is 84.9 cm³/mol. The molecule has 0 unspecified atom stereocenters. The topological polar surface area (TPSA) is 48.3 Å². The van der Waals surface area contributed by atoms with E-state index in [1.807, 2.05) is 0 Å². The first-order valence-electron chi connectivity index (χ1n) is 6.41. The molecule has 0 saturated carbocycles. The van der Waals surface area contributed by atoms with Crippen LogP contribution in [0, 0.1) is 17.1 Å². The van der Waals surface area contributed by atoms with Crippen molar-refractivity contribution in [2.24, 2.45) is 0 Å². The molecule has 0 aliphatic carbocycles. The van der Waals surface area contributed by atoms with Gasteiger partial charge in [0.1, 0.15) is 0 Å². The highest BCUT2D eigenvalue weighted by Gasteiger charge is 2.22. The average Bonchev–Trinajstić information content (AvgIpc) is 2.46. The molecule has 1 fully saturated rings. The second-order valence-corrected chi connectivity index (χ2v) is 4.56. The zero-order valence-corrected chi connectivity index (χ0v) is 13.5. The fourth-order valence-corrected chi connectivity index (χ4v) is 2.42. The second kappa shape index (κ2) is 9.80. The Morgan fingerprint density at radius 1 is 1.38 bits per heavy atom. The minimum atomic E-state index is -0.373. The van der Waals surface area contributed by atoms with Crippen LogP contribution in [0.25, 0.3) is 0 Å². The standard InChI is InChI=1S/C14H18FN3O.2ClH/c1-19-14-10-11(2-3-12(14)15)13(4-5-16)18-8-6-17-7-9-18;;/h2-3,10,13,17H,4,6-9H2,1H3;2*1H/t13-;;/m1../s1. The zero-order chi connectivity index (χ0) is 13.7. The van der Waals surface area contributed by atoms with Crippen molar-refractivity contribution in [1.82, 2.24) is 10.2 Å². The van der Waals surface area contributed by atoms with E-state index in [2.05, 4.69) is 16.3 Å². The van der Waals surface area contributed by atoms with Crippen LogP contribution < -0.4 is 10.1 Å². The number of hydrogen-bond acceptors (Lipinski definition) is 4. The third-order valence-corrected chi connectivity index (χ3v) is 3.44. The molecule has 1 atom stereocenters. The maximum Gasteiger partial charge on any atom is 0.165 e. The maximum absolute atomic E-state index is 13.4. The van der Waals surface area contributed by atoms with Crippen LogP contribution in [0.1, 0.15) is 18.0 Å². The van der Waals surface area contributed by atoms with Gasteiger partial charge in [0, 0.05) is 32.2 Å². The first kappa shape index (κ1) is 19.9. The molecule has 1 aliphatic rings. The van der Waals surface area contributed by atoms with E-state index in [4.69, 9.17) is 10.00 Å². The number of rotatable bonds is 4. The molecule has 0 amide bonds. The Balaban J connectivity index is 0.00000200. The van der Waals surface area contributed by atoms with Crippen LogP contribution >= 0.6 is 24.8 Å². The van der Waals surface area contributed by atoms with Gasteiger partial charge in [-0.25, -0.2) is 4.39 Å². The van der Waals surface area contributed by atoms with Gasteiger partial charge in [-0.2, -0.15) is 5.26 Å². The van der Waals surface area contributed by atoms with Gasteiger partial charge in [0.05, 0.1) is 19.6 Å². The van der Waals surface area contributed by atoms with Crippen LogP contribution in [0.15, 0.2) is 18.2 Å². The lowest BCUT2D eigenvalue weighted by atomic mass is 10.0. The Morgan fingerprint density at radius 3 is 2.62 bits per heavy atom. The number of hydrogen-bond donors (Lipinski definition) is 1. The number of nitrogens with zero attached hydrogens (tertiary/aromatic N) is 2. The molecule has 0 bridgehead atoms. The van der Waals surface area contributed by atoms with E-state index in [9.17, 15) is 4.39 Å². The van der Waals surface area contributed by atoms with Gasteiger partial charge in [-0.15, -0.1) is 24.8 Å². The summed E-state index contributed by atoms with van der Waals surface area (Å²) >= 11 is 0. The summed E-state index contributed by atoms with van der Waals surface area (Å²) in [5, 5.41) is 12.3. The molecule has 7 heteroatoms. The van der Waals surface area contributed by atoms with Gasteiger partial charge >= 0.3 is 0 Å². The second-order valence-electron chi connectivity index (χ2n) is 4.56. The molecule has 1 N–H and O–H groups in total. The van der Waals surface area contributed by atoms with Gasteiger partial charge in [-0.3, -0.25) is 4.90 Å². The van der Waals surface area contributed by atoms with Gasteiger partial charge in [-0.05, 0) is 17.7 Å². The number of benzene rings is 1. The zero-order valence-electron chi connectivity index (χ0n) is 11.8. The van der Waals surface area contributed by atoms with Crippen LogP contribution in [-0.2, 0) is 0 Å². The number of nitrogens with one attached hydrogen (secondary N) is 1. The summed E-state index contributed by atoms with van der Waals surface area (Å²) < 4.78 is 18.5. The molecule has 4 nitrogen and oxygen atoms in total. The van der Waals surface area contributed by atoms with Crippen LogP contribution in [0.5, 0.6) is 5.75 Å². The number of halogens is 3. The highest BCUT2D eigenvalue weighted by molar-refractivity contribution is 5.85. The average molecular weight is 336 g/mol. The maximum atomic E-state index is 13.4.